The molecule has 0 aromatic heterocycles. The number of aryl methyl sites for hydroxylation is 1. The van der Waals surface area contributed by atoms with Crippen LogP contribution in [0.2, 0.25) is 0 Å². The van der Waals surface area contributed by atoms with Gasteiger partial charge in [0.1, 0.15) is 11.5 Å². The fraction of sp³-hybridized carbons (Fsp3) is 0.0714. The molecule has 0 spiro atoms. The predicted molar refractivity (Wildman–Crippen MR) is 121 cm³/mol. The summed E-state index contributed by atoms with van der Waals surface area (Å²) >= 11 is 0. The van der Waals surface area contributed by atoms with E-state index in [4.69, 9.17) is 4.42 Å². The van der Waals surface area contributed by atoms with Gasteiger partial charge in [-0.15, -0.1) is 0 Å². The summed E-state index contributed by atoms with van der Waals surface area (Å²) in [5.74, 6) is 1.92. The minimum absolute atomic E-state index is 0.920. The van der Waals surface area contributed by atoms with Gasteiger partial charge < -0.3 is 4.42 Å². The third kappa shape index (κ3) is 2.48. The summed E-state index contributed by atoms with van der Waals surface area (Å²) in [7, 11) is 0. The van der Waals surface area contributed by atoms with Crippen molar-refractivity contribution in [3.05, 3.63) is 107 Å². The SMILES string of the molecule is Cc1cc(-c2ccccc2)oc2c(C3=Cc4ccccc4C3)c3ccccc3c1-2. The van der Waals surface area contributed by atoms with E-state index in [0.717, 1.165) is 23.5 Å². The van der Waals surface area contributed by atoms with Crippen LogP contribution in [0.3, 0.4) is 0 Å². The molecule has 0 N–H and O–H groups in total. The normalized spacial score (nSPS) is 13.1. The molecule has 0 amide bonds. The van der Waals surface area contributed by atoms with Gasteiger partial charge in [0, 0.05) is 16.7 Å². The zero-order valence-corrected chi connectivity index (χ0v) is 16.3. The summed E-state index contributed by atoms with van der Waals surface area (Å²) in [5, 5.41) is 2.55. The quantitative estimate of drug-likeness (QED) is 0.311. The Morgan fingerprint density at radius 3 is 2.21 bits per heavy atom. The summed E-state index contributed by atoms with van der Waals surface area (Å²) < 4.78 is 6.62. The van der Waals surface area contributed by atoms with Gasteiger partial charge in [0.05, 0.1) is 0 Å². The summed E-state index contributed by atoms with van der Waals surface area (Å²) in [6, 6.07) is 29.9. The maximum atomic E-state index is 6.62. The molecular formula is C28H20O. The number of allylic oxidation sites excluding steroid dienone is 1. The highest BCUT2D eigenvalue weighted by Crippen LogP contribution is 2.48. The Kier molecular flexibility index (Phi) is 3.51. The highest BCUT2D eigenvalue weighted by atomic mass is 16.3. The lowest BCUT2D eigenvalue weighted by Crippen LogP contribution is -1.90. The lowest BCUT2D eigenvalue weighted by molar-refractivity contribution is 0.581. The monoisotopic (exact) mass is 372 g/mol. The van der Waals surface area contributed by atoms with Crippen LogP contribution in [0, 0.1) is 6.92 Å². The van der Waals surface area contributed by atoms with Crippen molar-refractivity contribution in [2.45, 2.75) is 13.3 Å². The van der Waals surface area contributed by atoms with Gasteiger partial charge in [-0.25, -0.2) is 0 Å². The van der Waals surface area contributed by atoms with Crippen molar-refractivity contribution < 1.29 is 4.42 Å². The van der Waals surface area contributed by atoms with E-state index in [2.05, 4.69) is 91.9 Å². The Labute approximate surface area is 170 Å². The molecule has 138 valence electrons. The molecule has 0 fully saturated rings. The number of rotatable bonds is 2. The molecule has 29 heavy (non-hydrogen) atoms. The van der Waals surface area contributed by atoms with Gasteiger partial charge in [-0.2, -0.15) is 0 Å². The topological polar surface area (TPSA) is 13.1 Å². The molecule has 0 bridgehead atoms. The molecule has 1 heterocycles. The highest BCUT2D eigenvalue weighted by Gasteiger charge is 2.27. The Morgan fingerprint density at radius 2 is 1.41 bits per heavy atom. The van der Waals surface area contributed by atoms with Gasteiger partial charge in [0.15, 0.2) is 0 Å². The summed E-state index contributed by atoms with van der Waals surface area (Å²) in [5.41, 5.74) is 8.88. The second-order valence-electron chi connectivity index (χ2n) is 7.83. The largest absolute Gasteiger partial charge is 0.455 e. The zero-order chi connectivity index (χ0) is 19.4. The minimum atomic E-state index is 0.920. The van der Waals surface area contributed by atoms with E-state index in [1.54, 1.807) is 0 Å². The van der Waals surface area contributed by atoms with Crippen molar-refractivity contribution in [2.24, 2.45) is 0 Å². The smallest absolute Gasteiger partial charge is 0.143 e. The van der Waals surface area contributed by atoms with E-state index in [1.165, 1.54) is 44.2 Å². The molecule has 3 aromatic rings. The van der Waals surface area contributed by atoms with Crippen molar-refractivity contribution in [1.29, 1.82) is 0 Å². The van der Waals surface area contributed by atoms with Crippen LogP contribution in [0.5, 0.6) is 0 Å². The molecule has 1 aliphatic heterocycles. The maximum Gasteiger partial charge on any atom is 0.143 e. The minimum Gasteiger partial charge on any atom is -0.455 e. The highest BCUT2D eigenvalue weighted by molar-refractivity contribution is 6.13. The lowest BCUT2D eigenvalue weighted by atomic mass is 10.0. The molecule has 0 radical (unpaired) electrons. The van der Waals surface area contributed by atoms with Crippen LogP contribution in [0.25, 0.3) is 45.1 Å². The van der Waals surface area contributed by atoms with Crippen LogP contribution < -0.4 is 0 Å². The molecule has 0 unspecified atom stereocenters. The fourth-order valence-electron chi connectivity index (χ4n) is 4.69. The third-order valence-electron chi connectivity index (χ3n) is 6.02. The van der Waals surface area contributed by atoms with E-state index in [1.807, 2.05) is 6.07 Å². The molecule has 3 aliphatic rings. The van der Waals surface area contributed by atoms with Gasteiger partial charge in [0.25, 0.3) is 0 Å². The van der Waals surface area contributed by atoms with Crippen LogP contribution in [0.15, 0.2) is 89.3 Å². The van der Waals surface area contributed by atoms with E-state index < -0.39 is 0 Å². The van der Waals surface area contributed by atoms with Crippen molar-refractivity contribution in [3.63, 3.8) is 0 Å². The molecule has 1 heteroatoms. The molecular weight excluding hydrogens is 352 g/mol. The van der Waals surface area contributed by atoms with Gasteiger partial charge in [0.2, 0.25) is 0 Å². The van der Waals surface area contributed by atoms with Crippen molar-refractivity contribution >= 4 is 22.4 Å². The molecule has 0 atom stereocenters. The van der Waals surface area contributed by atoms with Crippen molar-refractivity contribution in [1.82, 2.24) is 0 Å². The van der Waals surface area contributed by atoms with Gasteiger partial charge in [-0.1, -0.05) is 84.9 Å². The number of hydrogen-bond donors (Lipinski definition) is 0. The molecule has 2 aliphatic carbocycles. The van der Waals surface area contributed by atoms with Crippen molar-refractivity contribution in [2.75, 3.05) is 0 Å². The molecule has 0 saturated carbocycles. The Morgan fingerprint density at radius 1 is 0.724 bits per heavy atom. The van der Waals surface area contributed by atoms with Gasteiger partial charge >= 0.3 is 0 Å². The molecule has 1 nitrogen and oxygen atoms in total. The summed E-state index contributed by atoms with van der Waals surface area (Å²) in [4.78, 5) is 0. The van der Waals surface area contributed by atoms with E-state index in [9.17, 15) is 0 Å². The predicted octanol–water partition coefficient (Wildman–Crippen LogP) is 7.61. The van der Waals surface area contributed by atoms with E-state index >= 15 is 0 Å². The maximum absolute atomic E-state index is 6.62. The van der Waals surface area contributed by atoms with Crippen LogP contribution in [0.4, 0.5) is 0 Å². The molecule has 0 saturated heterocycles. The van der Waals surface area contributed by atoms with E-state index in [0.29, 0.717) is 0 Å². The van der Waals surface area contributed by atoms with Crippen LogP contribution in [-0.4, -0.2) is 0 Å². The Balaban J connectivity index is 1.66. The first kappa shape index (κ1) is 16.4. The first-order valence-electron chi connectivity index (χ1n) is 10.1. The lowest BCUT2D eigenvalue weighted by Gasteiger charge is -2.11. The van der Waals surface area contributed by atoms with Crippen LogP contribution >= 0.6 is 0 Å². The first-order chi connectivity index (χ1) is 14.3. The summed E-state index contributed by atoms with van der Waals surface area (Å²) in [6.07, 6.45) is 3.28. The van der Waals surface area contributed by atoms with E-state index in [-0.39, 0.29) is 0 Å². The number of benzene rings is 3. The Bertz CT molecular complexity index is 1370. The Hall–Kier alpha value is -3.58. The number of hydrogen-bond acceptors (Lipinski definition) is 1. The molecule has 6 rings (SSSR count). The van der Waals surface area contributed by atoms with Crippen molar-refractivity contribution in [3.8, 4) is 22.6 Å². The second kappa shape index (κ2) is 6.22. The second-order valence-corrected chi connectivity index (χ2v) is 7.83. The average Bonchev–Trinajstić information content (AvgIpc) is 3.33. The average molecular weight is 372 g/mol. The van der Waals surface area contributed by atoms with Gasteiger partial charge in [-0.3, -0.25) is 0 Å². The zero-order valence-electron chi connectivity index (χ0n) is 16.3. The van der Waals surface area contributed by atoms with Crippen LogP contribution in [0.1, 0.15) is 22.3 Å². The van der Waals surface area contributed by atoms with Crippen LogP contribution in [-0.2, 0) is 6.42 Å². The number of fused-ring (bicyclic) bond motifs is 4. The van der Waals surface area contributed by atoms with Gasteiger partial charge in [-0.05, 0) is 52.4 Å². The first-order valence-corrected chi connectivity index (χ1v) is 10.1. The molecule has 3 aromatic carbocycles. The standard InChI is InChI=1S/C28H20O/c1-18-15-25(19-9-3-2-4-10-19)29-28-26(18)23-13-7-8-14-24(23)27(28)22-16-20-11-5-6-12-21(20)17-22/h2-16H,17H2,1H3. The summed E-state index contributed by atoms with van der Waals surface area (Å²) in [6.45, 7) is 2.19. The third-order valence-corrected chi connectivity index (χ3v) is 6.02. The fourth-order valence-corrected chi connectivity index (χ4v) is 4.69.